The summed E-state index contributed by atoms with van der Waals surface area (Å²) in [5, 5.41) is 1.27. The largest absolute Gasteiger partial charge is 0.477 e. The molecule has 0 saturated carbocycles. The van der Waals surface area contributed by atoms with E-state index in [0.717, 1.165) is 4.47 Å². The highest BCUT2D eigenvalue weighted by atomic mass is 79.9. The molecule has 0 amide bonds. The zero-order chi connectivity index (χ0) is 14.8. The Morgan fingerprint density at radius 2 is 2.11 bits per heavy atom. The Labute approximate surface area is 123 Å². The van der Waals surface area contributed by atoms with Crippen molar-refractivity contribution in [2.45, 2.75) is 31.7 Å². The van der Waals surface area contributed by atoms with Crippen LogP contribution >= 0.6 is 15.9 Å². The van der Waals surface area contributed by atoms with Crippen LogP contribution in [-0.2, 0) is 9.53 Å². The summed E-state index contributed by atoms with van der Waals surface area (Å²) in [6.45, 7) is 4.59. The van der Waals surface area contributed by atoms with Crippen LogP contribution in [-0.4, -0.2) is 37.6 Å². The van der Waals surface area contributed by atoms with Gasteiger partial charge >= 0.3 is 5.97 Å². The second kappa shape index (κ2) is 5.45. The smallest absolute Gasteiger partial charge is 0.301 e. The molecule has 0 atom stereocenters. The van der Waals surface area contributed by atoms with Gasteiger partial charge in [0.15, 0.2) is 0 Å². The number of nitrogens with one attached hydrogen (secondary N) is 1. The number of rotatable bonds is 4. The number of aromatic nitrogens is 1. The molecule has 8 heteroatoms. The van der Waals surface area contributed by atoms with Gasteiger partial charge in [0.2, 0.25) is 0 Å². The summed E-state index contributed by atoms with van der Waals surface area (Å²) < 4.78 is 5.66. The second-order valence-electron chi connectivity index (χ2n) is 4.73. The lowest BCUT2D eigenvalue weighted by atomic mass is 9.55. The third-order valence-electron chi connectivity index (χ3n) is 2.60. The summed E-state index contributed by atoms with van der Waals surface area (Å²) in [6.07, 6.45) is 1.58. The molecule has 0 bridgehead atoms. The van der Waals surface area contributed by atoms with E-state index in [4.69, 9.17) is 26.2 Å². The summed E-state index contributed by atoms with van der Waals surface area (Å²) in [4.78, 5) is 15.1. The number of hydrogen-bond acceptors (Lipinski definition) is 5. The third kappa shape index (κ3) is 3.89. The summed E-state index contributed by atoms with van der Waals surface area (Å²) >= 11 is 3.26. The number of nitrogen functional groups attached to an aromatic ring is 1. The summed E-state index contributed by atoms with van der Waals surface area (Å²) in [7, 11) is 11.6. The topological polar surface area (TPSA) is 77.2 Å². The van der Waals surface area contributed by atoms with Crippen molar-refractivity contribution in [2.24, 2.45) is 0 Å². The van der Waals surface area contributed by atoms with Gasteiger partial charge in [-0.25, -0.2) is 4.98 Å². The van der Waals surface area contributed by atoms with Crippen LogP contribution in [0.1, 0.15) is 20.8 Å². The van der Waals surface area contributed by atoms with Gasteiger partial charge in [0.25, 0.3) is 0 Å². The number of carbonyl (C=O) groups is 1. The molecule has 0 unspecified atom stereocenters. The number of nitrogens with zero attached hydrogens (tertiary/aromatic N) is 1. The average molecular weight is 322 g/mol. The Balaban J connectivity index is 2.98. The highest BCUT2D eigenvalue weighted by Crippen LogP contribution is 2.28. The van der Waals surface area contributed by atoms with E-state index >= 15 is 0 Å². The van der Waals surface area contributed by atoms with Crippen molar-refractivity contribution in [3.05, 3.63) is 16.7 Å². The summed E-state index contributed by atoms with van der Waals surface area (Å²) in [5.74, 6) is -0.169. The number of halogens is 1. The molecule has 0 aromatic carbocycles. The molecule has 1 rings (SSSR count). The molecule has 19 heavy (non-hydrogen) atoms. The molecule has 0 saturated heterocycles. The van der Waals surface area contributed by atoms with Crippen LogP contribution in [0.2, 0.25) is 0 Å². The van der Waals surface area contributed by atoms with Crippen LogP contribution in [0.15, 0.2) is 16.7 Å². The first-order chi connectivity index (χ1) is 8.55. The Morgan fingerprint density at radius 3 is 2.58 bits per heavy atom. The molecule has 1 heterocycles. The normalized spacial score (nSPS) is 12.0. The zero-order valence-electron chi connectivity index (χ0n) is 11.0. The van der Waals surface area contributed by atoms with Gasteiger partial charge in [0.05, 0.1) is 16.6 Å². The first kappa shape index (κ1) is 15.9. The first-order valence-electron chi connectivity index (χ1n) is 5.52. The zero-order valence-corrected chi connectivity index (χ0v) is 12.6. The standard InChI is InChI=1S/C11H14B2BrN3O2/c1-6(18)19-11(12,13)10(2,3)17-9-8(15)4-7(14)5-16-9/h4-5H,15H2,1-3H3,(H,16,17). The van der Waals surface area contributed by atoms with E-state index in [1.807, 2.05) is 0 Å². The maximum Gasteiger partial charge on any atom is 0.301 e. The molecule has 0 aliphatic rings. The van der Waals surface area contributed by atoms with E-state index in [9.17, 15) is 4.79 Å². The van der Waals surface area contributed by atoms with E-state index in [1.165, 1.54) is 6.92 Å². The minimum Gasteiger partial charge on any atom is -0.477 e. The van der Waals surface area contributed by atoms with Gasteiger partial charge in [0, 0.05) is 17.6 Å². The van der Waals surface area contributed by atoms with Crippen LogP contribution in [0.4, 0.5) is 11.5 Å². The fourth-order valence-corrected chi connectivity index (χ4v) is 1.67. The van der Waals surface area contributed by atoms with Crippen LogP contribution in [0.3, 0.4) is 0 Å². The Bertz CT molecular complexity index is 495. The van der Waals surface area contributed by atoms with Gasteiger partial charge in [0.1, 0.15) is 21.5 Å². The molecule has 4 radical (unpaired) electrons. The van der Waals surface area contributed by atoms with Gasteiger partial charge in [-0.15, -0.1) is 0 Å². The van der Waals surface area contributed by atoms with E-state index in [-0.39, 0.29) is 0 Å². The van der Waals surface area contributed by atoms with Crippen LogP contribution < -0.4 is 11.1 Å². The van der Waals surface area contributed by atoms with Crippen molar-refractivity contribution < 1.29 is 9.53 Å². The summed E-state index contributed by atoms with van der Waals surface area (Å²) in [5.41, 5.74) is 5.27. The molecule has 0 fully saturated rings. The minimum absolute atomic E-state index is 0.403. The predicted octanol–water partition coefficient (Wildman–Crippen LogP) is 1.17. The van der Waals surface area contributed by atoms with Crippen LogP contribution in [0.25, 0.3) is 0 Å². The van der Waals surface area contributed by atoms with Gasteiger partial charge in [-0.05, 0) is 35.8 Å². The average Bonchev–Trinajstić information content (AvgIpc) is 2.20. The number of anilines is 2. The maximum absolute atomic E-state index is 11.0. The van der Waals surface area contributed by atoms with E-state index < -0.39 is 16.9 Å². The molecule has 1 aromatic rings. The molecular formula is C11H14B2BrN3O2. The molecule has 0 aliphatic carbocycles. The summed E-state index contributed by atoms with van der Waals surface area (Å²) in [6, 6.07) is 1.69. The highest BCUT2D eigenvalue weighted by Gasteiger charge is 2.39. The van der Waals surface area contributed by atoms with E-state index in [1.54, 1.807) is 26.1 Å². The van der Waals surface area contributed by atoms with Crippen molar-refractivity contribution >= 4 is 49.1 Å². The lowest BCUT2D eigenvalue weighted by Crippen LogP contribution is -2.58. The van der Waals surface area contributed by atoms with Gasteiger partial charge < -0.3 is 15.8 Å². The number of carbonyl (C=O) groups excluding carboxylic acids is 1. The highest BCUT2D eigenvalue weighted by molar-refractivity contribution is 9.10. The Morgan fingerprint density at radius 1 is 1.53 bits per heavy atom. The minimum atomic E-state index is -1.71. The van der Waals surface area contributed by atoms with Crippen molar-refractivity contribution in [1.29, 1.82) is 0 Å². The second-order valence-corrected chi connectivity index (χ2v) is 5.64. The maximum atomic E-state index is 11.0. The van der Waals surface area contributed by atoms with Crippen molar-refractivity contribution in [3.63, 3.8) is 0 Å². The monoisotopic (exact) mass is 321 g/mol. The molecule has 0 aliphatic heterocycles. The molecule has 5 nitrogen and oxygen atoms in total. The molecular weight excluding hydrogens is 308 g/mol. The SMILES string of the molecule is [B]C([B])(OC(C)=O)C(C)(C)Nc1ncc(Br)cc1N. The van der Waals surface area contributed by atoms with Gasteiger partial charge in [-0.3, -0.25) is 4.79 Å². The molecule has 98 valence electrons. The lowest BCUT2D eigenvalue weighted by molar-refractivity contribution is -0.147. The predicted molar refractivity (Wildman–Crippen MR) is 80.1 cm³/mol. The van der Waals surface area contributed by atoms with Crippen LogP contribution in [0.5, 0.6) is 0 Å². The van der Waals surface area contributed by atoms with E-state index in [0.29, 0.717) is 11.5 Å². The molecule has 1 aromatic heterocycles. The number of ether oxygens (including phenoxy) is 1. The quantitative estimate of drug-likeness (QED) is 0.643. The van der Waals surface area contributed by atoms with Gasteiger partial charge in [-0.1, -0.05) is 0 Å². The van der Waals surface area contributed by atoms with Crippen molar-refractivity contribution in [2.75, 3.05) is 11.1 Å². The fraction of sp³-hybridized carbons (Fsp3) is 0.455. The van der Waals surface area contributed by atoms with Crippen molar-refractivity contribution in [3.8, 4) is 0 Å². The lowest BCUT2D eigenvalue weighted by Gasteiger charge is -2.43. The third-order valence-corrected chi connectivity index (χ3v) is 3.04. The van der Waals surface area contributed by atoms with Crippen LogP contribution in [0, 0.1) is 0 Å². The molecule has 0 spiro atoms. The molecule has 3 N–H and O–H groups in total. The first-order valence-corrected chi connectivity index (χ1v) is 6.31. The number of pyridine rings is 1. The Hall–Kier alpha value is -1.17. The Kier molecular flexibility index (Phi) is 4.55. The number of nitrogens with two attached hydrogens (primary N) is 1. The number of esters is 1. The number of hydrogen-bond donors (Lipinski definition) is 2. The van der Waals surface area contributed by atoms with Gasteiger partial charge in [-0.2, -0.15) is 0 Å². The van der Waals surface area contributed by atoms with E-state index in [2.05, 4.69) is 26.2 Å². The van der Waals surface area contributed by atoms with Crippen molar-refractivity contribution in [1.82, 2.24) is 4.98 Å². The fourth-order valence-electron chi connectivity index (χ4n) is 1.32.